The molecule has 0 radical (unpaired) electrons. The Bertz CT molecular complexity index is 945. The zero-order valence-electron chi connectivity index (χ0n) is 14.8. The van der Waals surface area contributed by atoms with Crippen LogP contribution in [0.2, 0.25) is 10.0 Å². The number of hydrogen-bond donors (Lipinski definition) is 1. The lowest BCUT2D eigenvalue weighted by molar-refractivity contribution is 0.708. The maximum absolute atomic E-state index is 6.23. The standard InChI is InChI=1S/C21H20Cl2N4/c22-18-6-5-16(19(23)13-18)7-10-24-20-8-11-25-21(26-20)27-12-9-15-3-1-2-4-17(15)14-27/h1-6,8,11,13H,7,9-10,12,14H2,(H,24,25,26). The van der Waals surface area contributed by atoms with Crippen LogP contribution in [0.4, 0.5) is 11.8 Å². The molecule has 0 saturated heterocycles. The van der Waals surface area contributed by atoms with Crippen molar-refractivity contribution in [3.05, 3.63) is 81.5 Å². The van der Waals surface area contributed by atoms with Gasteiger partial charge in [-0.3, -0.25) is 0 Å². The summed E-state index contributed by atoms with van der Waals surface area (Å²) >= 11 is 12.2. The van der Waals surface area contributed by atoms with Gasteiger partial charge in [-0.1, -0.05) is 53.5 Å². The molecule has 4 rings (SSSR count). The maximum Gasteiger partial charge on any atom is 0.227 e. The summed E-state index contributed by atoms with van der Waals surface area (Å²) in [6.45, 7) is 2.52. The highest BCUT2D eigenvalue weighted by molar-refractivity contribution is 6.35. The molecule has 2 aromatic carbocycles. The quantitative estimate of drug-likeness (QED) is 0.656. The number of hydrogen-bond acceptors (Lipinski definition) is 4. The fourth-order valence-electron chi connectivity index (χ4n) is 3.32. The van der Waals surface area contributed by atoms with E-state index in [2.05, 4.69) is 44.5 Å². The van der Waals surface area contributed by atoms with E-state index in [1.807, 2.05) is 18.2 Å². The average Bonchev–Trinajstić information content (AvgIpc) is 2.69. The van der Waals surface area contributed by atoms with Crippen molar-refractivity contribution in [3.8, 4) is 0 Å². The van der Waals surface area contributed by atoms with Gasteiger partial charge in [-0.15, -0.1) is 0 Å². The van der Waals surface area contributed by atoms with Crippen LogP contribution in [-0.2, 0) is 19.4 Å². The summed E-state index contributed by atoms with van der Waals surface area (Å²) in [7, 11) is 0. The van der Waals surface area contributed by atoms with Crippen molar-refractivity contribution in [1.29, 1.82) is 0 Å². The first-order chi connectivity index (χ1) is 13.2. The first-order valence-electron chi connectivity index (χ1n) is 9.01. The van der Waals surface area contributed by atoms with Gasteiger partial charge in [0.1, 0.15) is 5.82 Å². The lowest BCUT2D eigenvalue weighted by Gasteiger charge is -2.28. The predicted octanol–water partition coefficient (Wildman–Crippen LogP) is 5.00. The summed E-state index contributed by atoms with van der Waals surface area (Å²) < 4.78 is 0. The molecule has 0 bridgehead atoms. The highest BCUT2D eigenvalue weighted by Gasteiger charge is 2.18. The molecule has 27 heavy (non-hydrogen) atoms. The second-order valence-corrected chi connectivity index (χ2v) is 7.44. The molecule has 0 spiro atoms. The summed E-state index contributed by atoms with van der Waals surface area (Å²) in [5, 5.41) is 4.71. The molecule has 3 aromatic rings. The topological polar surface area (TPSA) is 41.1 Å². The number of nitrogens with zero attached hydrogens (tertiary/aromatic N) is 3. The molecule has 1 aromatic heterocycles. The van der Waals surface area contributed by atoms with Crippen molar-refractivity contribution < 1.29 is 0 Å². The van der Waals surface area contributed by atoms with Gasteiger partial charge in [-0.2, -0.15) is 4.98 Å². The molecule has 1 aliphatic rings. The summed E-state index contributed by atoms with van der Waals surface area (Å²) in [5.74, 6) is 1.59. The molecule has 0 fully saturated rings. The molecule has 0 unspecified atom stereocenters. The smallest absolute Gasteiger partial charge is 0.227 e. The Morgan fingerprint density at radius 1 is 1.04 bits per heavy atom. The van der Waals surface area contributed by atoms with Crippen molar-refractivity contribution >= 4 is 35.0 Å². The Balaban J connectivity index is 1.39. The van der Waals surface area contributed by atoms with Crippen molar-refractivity contribution in [2.45, 2.75) is 19.4 Å². The van der Waals surface area contributed by atoms with E-state index in [4.69, 9.17) is 23.2 Å². The number of fused-ring (bicyclic) bond motifs is 1. The van der Waals surface area contributed by atoms with Gasteiger partial charge in [0.2, 0.25) is 5.95 Å². The largest absolute Gasteiger partial charge is 0.370 e. The number of anilines is 2. The Kier molecular flexibility index (Phi) is 5.46. The summed E-state index contributed by atoms with van der Waals surface area (Å²) in [6, 6.07) is 16.1. The van der Waals surface area contributed by atoms with Crippen molar-refractivity contribution in [3.63, 3.8) is 0 Å². The molecule has 0 saturated carbocycles. The number of halogens is 2. The van der Waals surface area contributed by atoms with E-state index in [0.29, 0.717) is 10.0 Å². The fraction of sp³-hybridized carbons (Fsp3) is 0.238. The lowest BCUT2D eigenvalue weighted by atomic mass is 10.0. The van der Waals surface area contributed by atoms with Crippen molar-refractivity contribution in [2.75, 3.05) is 23.3 Å². The van der Waals surface area contributed by atoms with Gasteiger partial charge in [-0.05, 0) is 47.7 Å². The van der Waals surface area contributed by atoms with Crippen LogP contribution in [0.1, 0.15) is 16.7 Å². The van der Waals surface area contributed by atoms with E-state index >= 15 is 0 Å². The molecule has 0 amide bonds. The highest BCUT2D eigenvalue weighted by atomic mass is 35.5. The zero-order chi connectivity index (χ0) is 18.6. The van der Waals surface area contributed by atoms with E-state index in [9.17, 15) is 0 Å². The van der Waals surface area contributed by atoms with Crippen LogP contribution < -0.4 is 10.2 Å². The van der Waals surface area contributed by atoms with Crippen LogP contribution in [0.25, 0.3) is 0 Å². The predicted molar refractivity (Wildman–Crippen MR) is 112 cm³/mol. The fourth-order valence-corrected chi connectivity index (χ4v) is 3.82. The van der Waals surface area contributed by atoms with Gasteiger partial charge >= 0.3 is 0 Å². The minimum absolute atomic E-state index is 0.653. The van der Waals surface area contributed by atoms with Crippen molar-refractivity contribution in [2.24, 2.45) is 0 Å². The normalized spacial score (nSPS) is 13.3. The summed E-state index contributed by atoms with van der Waals surface area (Å²) in [5.41, 5.74) is 3.83. The first kappa shape index (κ1) is 18.1. The molecule has 0 atom stereocenters. The third-order valence-corrected chi connectivity index (χ3v) is 5.36. The Morgan fingerprint density at radius 2 is 1.89 bits per heavy atom. The molecule has 1 aliphatic heterocycles. The average molecular weight is 399 g/mol. The minimum atomic E-state index is 0.653. The Morgan fingerprint density at radius 3 is 2.74 bits per heavy atom. The van der Waals surface area contributed by atoms with Gasteiger partial charge in [0.05, 0.1) is 0 Å². The molecular formula is C21H20Cl2N4. The van der Waals surface area contributed by atoms with Crippen molar-refractivity contribution in [1.82, 2.24) is 9.97 Å². The SMILES string of the molecule is Clc1ccc(CCNc2ccnc(N3CCc4ccccc4C3)n2)c(Cl)c1. The van der Waals surface area contributed by atoms with Crippen LogP contribution in [-0.4, -0.2) is 23.1 Å². The van der Waals surface area contributed by atoms with Crippen LogP contribution >= 0.6 is 23.2 Å². The number of nitrogens with one attached hydrogen (secondary N) is 1. The van der Waals surface area contributed by atoms with Crippen LogP contribution in [0, 0.1) is 0 Å². The number of rotatable bonds is 5. The number of benzene rings is 2. The third-order valence-electron chi connectivity index (χ3n) is 4.77. The van der Waals surface area contributed by atoms with Gasteiger partial charge in [-0.25, -0.2) is 4.98 Å². The number of aromatic nitrogens is 2. The molecular weight excluding hydrogens is 379 g/mol. The minimum Gasteiger partial charge on any atom is -0.370 e. The lowest BCUT2D eigenvalue weighted by Crippen LogP contribution is -2.31. The molecule has 0 aliphatic carbocycles. The third kappa shape index (κ3) is 4.34. The first-order valence-corrected chi connectivity index (χ1v) is 9.77. The monoisotopic (exact) mass is 398 g/mol. The molecule has 6 heteroatoms. The molecule has 138 valence electrons. The Labute approximate surface area is 169 Å². The van der Waals surface area contributed by atoms with E-state index in [1.54, 1.807) is 12.3 Å². The second kappa shape index (κ2) is 8.15. The zero-order valence-corrected chi connectivity index (χ0v) is 16.3. The summed E-state index contributed by atoms with van der Waals surface area (Å²) in [6.07, 6.45) is 3.62. The van der Waals surface area contributed by atoms with Gasteiger partial charge in [0.15, 0.2) is 0 Å². The molecule has 1 N–H and O–H groups in total. The Hall–Kier alpha value is -2.30. The van der Waals surface area contributed by atoms with Gasteiger partial charge < -0.3 is 10.2 Å². The maximum atomic E-state index is 6.23. The van der Waals surface area contributed by atoms with E-state index < -0.39 is 0 Å². The van der Waals surface area contributed by atoms with E-state index in [-0.39, 0.29) is 0 Å². The van der Waals surface area contributed by atoms with Gasteiger partial charge in [0, 0.05) is 35.9 Å². The highest BCUT2D eigenvalue weighted by Crippen LogP contribution is 2.23. The summed E-state index contributed by atoms with van der Waals surface area (Å²) in [4.78, 5) is 11.4. The van der Waals surface area contributed by atoms with Crippen LogP contribution in [0.15, 0.2) is 54.7 Å². The molecule has 4 nitrogen and oxygen atoms in total. The van der Waals surface area contributed by atoms with E-state index in [0.717, 1.165) is 49.8 Å². The second-order valence-electron chi connectivity index (χ2n) is 6.59. The van der Waals surface area contributed by atoms with Crippen LogP contribution in [0.3, 0.4) is 0 Å². The van der Waals surface area contributed by atoms with E-state index in [1.165, 1.54) is 11.1 Å². The van der Waals surface area contributed by atoms with Gasteiger partial charge in [0.25, 0.3) is 0 Å². The molecule has 2 heterocycles. The van der Waals surface area contributed by atoms with Crippen LogP contribution in [0.5, 0.6) is 0 Å².